The highest BCUT2D eigenvalue weighted by molar-refractivity contribution is 9.10. The fourth-order valence-corrected chi connectivity index (χ4v) is 4.45. The standard InChI is InChI=1S/C23H21BrClN3O3/c1-3-18-27-22(25)20(23(29)30-4-2)28(18)12-13-9-10-17-15(11-13)19(24)21(31-17)14-7-5-6-8-16(14)26/h5-11H,3-4,12,26H2,1-2H3. The number of nitrogens with zero attached hydrogens (tertiary/aromatic N) is 2. The zero-order valence-corrected chi connectivity index (χ0v) is 19.5. The predicted octanol–water partition coefficient (Wildman–Crippen LogP) is 6.08. The van der Waals surface area contributed by atoms with E-state index in [2.05, 4.69) is 20.9 Å². The fourth-order valence-electron chi connectivity index (χ4n) is 3.57. The van der Waals surface area contributed by atoms with Gasteiger partial charge in [0, 0.05) is 29.6 Å². The molecule has 0 fully saturated rings. The van der Waals surface area contributed by atoms with Crippen molar-refractivity contribution >= 4 is 50.2 Å². The maximum Gasteiger partial charge on any atom is 0.358 e. The van der Waals surface area contributed by atoms with Crippen molar-refractivity contribution in [1.82, 2.24) is 9.55 Å². The molecule has 2 heterocycles. The zero-order valence-electron chi connectivity index (χ0n) is 17.1. The van der Waals surface area contributed by atoms with Crippen LogP contribution in [0.3, 0.4) is 0 Å². The normalized spacial score (nSPS) is 11.2. The molecule has 0 aliphatic rings. The van der Waals surface area contributed by atoms with E-state index in [4.69, 9.17) is 26.5 Å². The van der Waals surface area contributed by atoms with Gasteiger partial charge in [-0.05, 0) is 52.7 Å². The summed E-state index contributed by atoms with van der Waals surface area (Å²) in [5.41, 5.74) is 9.57. The number of aryl methyl sites for hydroxylation is 1. The first-order valence-electron chi connectivity index (χ1n) is 9.92. The molecule has 4 aromatic rings. The molecule has 0 spiro atoms. The Morgan fingerprint density at radius 1 is 1.26 bits per heavy atom. The molecule has 31 heavy (non-hydrogen) atoms. The van der Waals surface area contributed by atoms with Crippen LogP contribution in [-0.4, -0.2) is 22.1 Å². The van der Waals surface area contributed by atoms with Gasteiger partial charge in [-0.1, -0.05) is 36.7 Å². The summed E-state index contributed by atoms with van der Waals surface area (Å²) in [5.74, 6) is 0.918. The number of carbonyl (C=O) groups is 1. The summed E-state index contributed by atoms with van der Waals surface area (Å²) in [7, 11) is 0. The molecule has 0 atom stereocenters. The topological polar surface area (TPSA) is 83.3 Å². The van der Waals surface area contributed by atoms with Crippen molar-refractivity contribution in [2.24, 2.45) is 0 Å². The van der Waals surface area contributed by atoms with Gasteiger partial charge in [-0.15, -0.1) is 0 Å². The Morgan fingerprint density at radius 3 is 2.74 bits per heavy atom. The number of nitrogen functional groups attached to an aromatic ring is 1. The van der Waals surface area contributed by atoms with Gasteiger partial charge in [-0.25, -0.2) is 9.78 Å². The van der Waals surface area contributed by atoms with Crippen LogP contribution >= 0.6 is 27.5 Å². The van der Waals surface area contributed by atoms with Crippen molar-refractivity contribution in [3.63, 3.8) is 0 Å². The Kier molecular flexibility index (Phi) is 6.07. The highest BCUT2D eigenvalue weighted by atomic mass is 79.9. The third kappa shape index (κ3) is 3.95. The quantitative estimate of drug-likeness (QED) is 0.255. The number of furan rings is 1. The van der Waals surface area contributed by atoms with Crippen LogP contribution in [0, 0.1) is 0 Å². The molecule has 4 rings (SSSR count). The Labute approximate surface area is 193 Å². The van der Waals surface area contributed by atoms with Crippen LogP contribution in [0.2, 0.25) is 5.15 Å². The number of nitrogens with two attached hydrogens (primary N) is 1. The molecule has 2 N–H and O–H groups in total. The van der Waals surface area contributed by atoms with Crippen molar-refractivity contribution in [3.05, 3.63) is 69.2 Å². The Bertz CT molecular complexity index is 1280. The molecule has 6 nitrogen and oxygen atoms in total. The number of hydrogen-bond donors (Lipinski definition) is 1. The molecular formula is C23H21BrClN3O3. The minimum Gasteiger partial charge on any atom is -0.461 e. The van der Waals surface area contributed by atoms with Crippen LogP contribution in [-0.2, 0) is 17.7 Å². The molecule has 2 aromatic carbocycles. The lowest BCUT2D eigenvalue weighted by atomic mass is 10.1. The number of halogens is 2. The molecule has 0 amide bonds. The minimum absolute atomic E-state index is 0.155. The Balaban J connectivity index is 1.76. The molecule has 0 unspecified atom stereocenters. The number of benzene rings is 2. The van der Waals surface area contributed by atoms with Crippen molar-refractivity contribution in [2.45, 2.75) is 26.8 Å². The fraction of sp³-hybridized carbons (Fsp3) is 0.217. The lowest BCUT2D eigenvalue weighted by Gasteiger charge is -2.11. The third-order valence-electron chi connectivity index (χ3n) is 5.03. The molecule has 0 saturated carbocycles. The van der Waals surface area contributed by atoms with Crippen LogP contribution in [0.4, 0.5) is 5.69 Å². The van der Waals surface area contributed by atoms with Crippen molar-refractivity contribution < 1.29 is 13.9 Å². The molecule has 8 heteroatoms. The first kappa shape index (κ1) is 21.5. The van der Waals surface area contributed by atoms with Gasteiger partial charge in [0.05, 0.1) is 11.1 Å². The van der Waals surface area contributed by atoms with E-state index in [1.807, 2.05) is 54.0 Å². The van der Waals surface area contributed by atoms with Gasteiger partial charge < -0.3 is 19.5 Å². The summed E-state index contributed by atoms with van der Waals surface area (Å²) in [4.78, 5) is 16.8. The van der Waals surface area contributed by atoms with Gasteiger partial charge in [0.15, 0.2) is 16.6 Å². The van der Waals surface area contributed by atoms with Crippen molar-refractivity contribution in [3.8, 4) is 11.3 Å². The monoisotopic (exact) mass is 501 g/mol. The zero-order chi connectivity index (χ0) is 22.1. The van der Waals surface area contributed by atoms with Crippen LogP contribution < -0.4 is 5.73 Å². The van der Waals surface area contributed by atoms with E-state index in [1.165, 1.54) is 0 Å². The molecule has 2 aromatic heterocycles. The minimum atomic E-state index is -0.480. The molecule has 0 bridgehead atoms. The number of carbonyl (C=O) groups excluding carboxylic acids is 1. The summed E-state index contributed by atoms with van der Waals surface area (Å²) in [6.45, 7) is 4.42. The molecular weight excluding hydrogens is 482 g/mol. The number of esters is 1. The second-order valence-corrected chi connectivity index (χ2v) is 8.14. The van der Waals surface area contributed by atoms with Crippen molar-refractivity contribution in [1.29, 1.82) is 0 Å². The number of fused-ring (bicyclic) bond motifs is 1. The number of rotatable bonds is 6. The molecule has 0 saturated heterocycles. The van der Waals surface area contributed by atoms with Gasteiger partial charge >= 0.3 is 5.97 Å². The van der Waals surface area contributed by atoms with E-state index >= 15 is 0 Å². The van der Waals surface area contributed by atoms with Gasteiger partial charge in [-0.2, -0.15) is 0 Å². The van der Waals surface area contributed by atoms with E-state index in [0.717, 1.165) is 32.4 Å². The van der Waals surface area contributed by atoms with Crippen LogP contribution in [0.25, 0.3) is 22.3 Å². The average Bonchev–Trinajstić information content (AvgIpc) is 3.25. The molecule has 160 valence electrons. The highest BCUT2D eigenvalue weighted by Crippen LogP contribution is 2.40. The van der Waals surface area contributed by atoms with Crippen LogP contribution in [0.5, 0.6) is 0 Å². The van der Waals surface area contributed by atoms with Gasteiger partial charge in [-0.3, -0.25) is 0 Å². The van der Waals surface area contributed by atoms with Gasteiger partial charge in [0.25, 0.3) is 0 Å². The number of hydrogen-bond acceptors (Lipinski definition) is 5. The predicted molar refractivity (Wildman–Crippen MR) is 125 cm³/mol. The summed E-state index contributed by atoms with van der Waals surface area (Å²) in [6, 6.07) is 13.5. The third-order valence-corrected chi connectivity index (χ3v) is 6.08. The van der Waals surface area contributed by atoms with E-state index in [1.54, 1.807) is 6.92 Å². The van der Waals surface area contributed by atoms with Gasteiger partial charge in [0.2, 0.25) is 0 Å². The lowest BCUT2D eigenvalue weighted by Crippen LogP contribution is -2.15. The van der Waals surface area contributed by atoms with E-state index in [-0.39, 0.29) is 17.5 Å². The lowest BCUT2D eigenvalue weighted by molar-refractivity contribution is 0.0514. The molecule has 0 radical (unpaired) electrons. The van der Waals surface area contributed by atoms with E-state index in [0.29, 0.717) is 24.4 Å². The smallest absolute Gasteiger partial charge is 0.358 e. The van der Waals surface area contributed by atoms with Gasteiger partial charge in [0.1, 0.15) is 11.4 Å². The summed E-state index contributed by atoms with van der Waals surface area (Å²) in [5, 5.41) is 1.07. The number of imidazole rings is 1. The number of para-hydroxylation sites is 1. The highest BCUT2D eigenvalue weighted by Gasteiger charge is 2.23. The SMILES string of the molecule is CCOC(=O)c1c(Cl)nc(CC)n1Cc1ccc2oc(-c3ccccc3N)c(Br)c2c1. The first-order chi connectivity index (χ1) is 14.9. The summed E-state index contributed by atoms with van der Waals surface area (Å²) < 4.78 is 13.9. The van der Waals surface area contributed by atoms with E-state index < -0.39 is 5.97 Å². The first-order valence-corrected chi connectivity index (χ1v) is 11.1. The number of aromatic nitrogens is 2. The summed E-state index contributed by atoms with van der Waals surface area (Å²) in [6.07, 6.45) is 0.633. The second kappa shape index (κ2) is 8.77. The maximum atomic E-state index is 12.5. The number of anilines is 1. The van der Waals surface area contributed by atoms with Crippen LogP contribution in [0.1, 0.15) is 35.7 Å². The number of ether oxygens (including phenoxy) is 1. The van der Waals surface area contributed by atoms with Crippen molar-refractivity contribution in [2.75, 3.05) is 12.3 Å². The largest absolute Gasteiger partial charge is 0.461 e. The molecule has 0 aliphatic heterocycles. The average molecular weight is 503 g/mol. The maximum absolute atomic E-state index is 12.5. The summed E-state index contributed by atoms with van der Waals surface area (Å²) >= 11 is 9.93. The second-order valence-electron chi connectivity index (χ2n) is 6.99. The molecule has 0 aliphatic carbocycles. The Hall–Kier alpha value is -2.77. The van der Waals surface area contributed by atoms with E-state index in [9.17, 15) is 4.79 Å². The van der Waals surface area contributed by atoms with Crippen LogP contribution in [0.15, 0.2) is 51.4 Å². The Morgan fingerprint density at radius 2 is 2.03 bits per heavy atom.